The van der Waals surface area contributed by atoms with Crippen LogP contribution in [0.4, 0.5) is 5.69 Å². The second-order valence-electron chi connectivity index (χ2n) is 4.05. The van der Waals surface area contributed by atoms with Gasteiger partial charge in [-0.15, -0.1) is 0 Å². The summed E-state index contributed by atoms with van der Waals surface area (Å²) in [6, 6.07) is 13.1. The van der Waals surface area contributed by atoms with Gasteiger partial charge in [-0.3, -0.25) is 0 Å². The molecule has 0 saturated heterocycles. The third-order valence-electron chi connectivity index (χ3n) is 2.63. The topological polar surface area (TPSA) is 61.0 Å². The Morgan fingerprint density at radius 2 is 1.95 bits per heavy atom. The van der Waals surface area contributed by atoms with E-state index >= 15 is 0 Å². The molecule has 0 unspecified atom stereocenters. The number of aromatic nitrogens is 2. The predicted octanol–water partition coefficient (Wildman–Crippen LogP) is 3.77. The zero-order valence-electron chi connectivity index (χ0n) is 9.88. The van der Waals surface area contributed by atoms with E-state index in [1.807, 2.05) is 36.4 Å². The maximum absolute atomic E-state index is 5.84. The van der Waals surface area contributed by atoms with Crippen molar-refractivity contribution in [3.8, 4) is 11.5 Å². The SMILES string of the molecule is Nc1cc(Br)cc(Oc2cnnc3ccccc23)c1. The van der Waals surface area contributed by atoms with Gasteiger partial charge >= 0.3 is 0 Å². The van der Waals surface area contributed by atoms with E-state index in [1.54, 1.807) is 12.3 Å². The molecule has 0 bridgehead atoms. The Hall–Kier alpha value is -2.14. The molecule has 0 fully saturated rings. The standard InChI is InChI=1S/C14H10BrN3O/c15-9-5-10(16)7-11(6-9)19-14-8-17-18-13-4-2-1-3-12(13)14/h1-8H,16H2. The summed E-state index contributed by atoms with van der Waals surface area (Å²) in [5.74, 6) is 1.31. The van der Waals surface area contributed by atoms with Gasteiger partial charge in [-0.25, -0.2) is 0 Å². The molecule has 0 aliphatic carbocycles. The molecule has 5 heteroatoms. The molecule has 4 nitrogen and oxygen atoms in total. The van der Waals surface area contributed by atoms with Gasteiger partial charge in [0, 0.05) is 21.6 Å². The summed E-state index contributed by atoms with van der Waals surface area (Å²) in [5, 5.41) is 8.90. The van der Waals surface area contributed by atoms with Crippen LogP contribution in [-0.2, 0) is 0 Å². The van der Waals surface area contributed by atoms with Crippen molar-refractivity contribution in [1.29, 1.82) is 0 Å². The number of anilines is 1. The Morgan fingerprint density at radius 1 is 1.11 bits per heavy atom. The van der Waals surface area contributed by atoms with Crippen LogP contribution in [0.3, 0.4) is 0 Å². The van der Waals surface area contributed by atoms with Crippen LogP contribution in [-0.4, -0.2) is 10.2 Å². The van der Waals surface area contributed by atoms with E-state index in [-0.39, 0.29) is 0 Å². The highest BCUT2D eigenvalue weighted by Gasteiger charge is 2.06. The molecule has 1 heterocycles. The van der Waals surface area contributed by atoms with Crippen LogP contribution in [0.15, 0.2) is 53.1 Å². The zero-order chi connectivity index (χ0) is 13.2. The molecule has 0 radical (unpaired) electrons. The number of nitrogens with two attached hydrogens (primary N) is 1. The average Bonchev–Trinajstić information content (AvgIpc) is 2.38. The zero-order valence-corrected chi connectivity index (χ0v) is 11.5. The molecule has 2 aromatic carbocycles. The third kappa shape index (κ3) is 2.51. The maximum atomic E-state index is 5.84. The molecule has 0 aliphatic heterocycles. The quantitative estimate of drug-likeness (QED) is 0.731. The van der Waals surface area contributed by atoms with E-state index in [4.69, 9.17) is 10.5 Å². The summed E-state index contributed by atoms with van der Waals surface area (Å²) in [5.41, 5.74) is 7.22. The van der Waals surface area contributed by atoms with E-state index in [1.165, 1.54) is 0 Å². The molecule has 0 spiro atoms. The third-order valence-corrected chi connectivity index (χ3v) is 3.09. The van der Waals surface area contributed by atoms with Crippen LogP contribution in [0.5, 0.6) is 11.5 Å². The van der Waals surface area contributed by atoms with Gasteiger partial charge in [0.05, 0.1) is 11.7 Å². The van der Waals surface area contributed by atoms with Crippen LogP contribution < -0.4 is 10.5 Å². The predicted molar refractivity (Wildman–Crippen MR) is 78.2 cm³/mol. The number of halogens is 1. The molecule has 3 aromatic rings. The number of hydrogen-bond donors (Lipinski definition) is 1. The van der Waals surface area contributed by atoms with Crippen LogP contribution in [0.25, 0.3) is 10.9 Å². The first-order valence-electron chi connectivity index (χ1n) is 5.67. The number of ether oxygens (including phenoxy) is 1. The molecule has 1 aromatic heterocycles. The molecule has 0 saturated carbocycles. The highest BCUT2D eigenvalue weighted by molar-refractivity contribution is 9.10. The summed E-state index contributed by atoms with van der Waals surface area (Å²) < 4.78 is 6.71. The van der Waals surface area contributed by atoms with Gasteiger partial charge in [0.15, 0.2) is 5.75 Å². The van der Waals surface area contributed by atoms with E-state index in [0.717, 1.165) is 15.4 Å². The lowest BCUT2D eigenvalue weighted by atomic mass is 10.2. The molecule has 0 amide bonds. The fraction of sp³-hybridized carbons (Fsp3) is 0. The van der Waals surface area contributed by atoms with E-state index in [2.05, 4.69) is 26.1 Å². The minimum atomic E-state index is 0.635. The lowest BCUT2D eigenvalue weighted by Gasteiger charge is -2.08. The molecule has 19 heavy (non-hydrogen) atoms. The first kappa shape index (κ1) is 11.9. The minimum Gasteiger partial charge on any atom is -0.455 e. The number of fused-ring (bicyclic) bond motifs is 1. The van der Waals surface area contributed by atoms with Gasteiger partial charge in [-0.05, 0) is 24.3 Å². The normalized spacial score (nSPS) is 10.6. The second-order valence-corrected chi connectivity index (χ2v) is 4.96. The van der Waals surface area contributed by atoms with E-state index in [9.17, 15) is 0 Å². The van der Waals surface area contributed by atoms with Gasteiger partial charge in [0.25, 0.3) is 0 Å². The number of benzene rings is 2. The number of hydrogen-bond acceptors (Lipinski definition) is 4. The van der Waals surface area contributed by atoms with Gasteiger partial charge in [0.2, 0.25) is 0 Å². The molecular weight excluding hydrogens is 306 g/mol. The summed E-state index contributed by atoms with van der Waals surface area (Å²) >= 11 is 3.39. The van der Waals surface area contributed by atoms with Gasteiger partial charge in [-0.1, -0.05) is 28.1 Å². The number of nitrogen functional groups attached to an aromatic ring is 1. The highest BCUT2D eigenvalue weighted by atomic mass is 79.9. The van der Waals surface area contributed by atoms with Crippen LogP contribution in [0.1, 0.15) is 0 Å². The Balaban J connectivity index is 2.05. The average molecular weight is 316 g/mol. The fourth-order valence-electron chi connectivity index (χ4n) is 1.83. The van der Waals surface area contributed by atoms with Crippen molar-refractivity contribution in [2.75, 3.05) is 5.73 Å². The maximum Gasteiger partial charge on any atom is 0.156 e. The molecular formula is C14H10BrN3O. The number of nitrogens with zero attached hydrogens (tertiary/aromatic N) is 2. The van der Waals surface area contributed by atoms with Crippen molar-refractivity contribution in [3.05, 3.63) is 53.1 Å². The Labute approximate surface area is 118 Å². The Morgan fingerprint density at radius 3 is 2.79 bits per heavy atom. The molecule has 3 rings (SSSR count). The first-order valence-corrected chi connectivity index (χ1v) is 6.46. The largest absolute Gasteiger partial charge is 0.455 e. The lowest BCUT2D eigenvalue weighted by molar-refractivity contribution is 0.485. The van der Waals surface area contributed by atoms with Crippen LogP contribution in [0.2, 0.25) is 0 Å². The van der Waals surface area contributed by atoms with Gasteiger partial charge in [0.1, 0.15) is 5.75 Å². The van der Waals surface area contributed by atoms with Gasteiger partial charge in [-0.2, -0.15) is 10.2 Å². The molecule has 0 aliphatic rings. The Kier molecular flexibility index (Phi) is 3.05. The minimum absolute atomic E-state index is 0.635. The molecule has 94 valence electrons. The molecule has 2 N–H and O–H groups in total. The van der Waals surface area contributed by atoms with Gasteiger partial charge < -0.3 is 10.5 Å². The summed E-state index contributed by atoms with van der Waals surface area (Å²) in [4.78, 5) is 0. The van der Waals surface area contributed by atoms with Crippen LogP contribution in [0, 0.1) is 0 Å². The van der Waals surface area contributed by atoms with Crippen LogP contribution >= 0.6 is 15.9 Å². The van der Waals surface area contributed by atoms with Crippen molar-refractivity contribution in [2.24, 2.45) is 0 Å². The van der Waals surface area contributed by atoms with Crippen molar-refractivity contribution in [1.82, 2.24) is 10.2 Å². The fourth-order valence-corrected chi connectivity index (χ4v) is 2.32. The number of rotatable bonds is 2. The van der Waals surface area contributed by atoms with Crippen molar-refractivity contribution in [2.45, 2.75) is 0 Å². The van der Waals surface area contributed by atoms with Crippen molar-refractivity contribution >= 4 is 32.5 Å². The second kappa shape index (κ2) is 4.85. The lowest BCUT2D eigenvalue weighted by Crippen LogP contribution is -1.92. The van der Waals surface area contributed by atoms with Crippen molar-refractivity contribution in [3.63, 3.8) is 0 Å². The first-order chi connectivity index (χ1) is 9.22. The van der Waals surface area contributed by atoms with Crippen molar-refractivity contribution < 1.29 is 4.74 Å². The highest BCUT2D eigenvalue weighted by Crippen LogP contribution is 2.30. The molecule has 0 atom stereocenters. The summed E-state index contributed by atoms with van der Waals surface area (Å²) in [6.45, 7) is 0. The monoisotopic (exact) mass is 315 g/mol. The van der Waals surface area contributed by atoms with E-state index in [0.29, 0.717) is 17.2 Å². The summed E-state index contributed by atoms with van der Waals surface area (Å²) in [7, 11) is 0. The van der Waals surface area contributed by atoms with E-state index < -0.39 is 0 Å². The smallest absolute Gasteiger partial charge is 0.156 e. The summed E-state index contributed by atoms with van der Waals surface area (Å²) in [6.07, 6.45) is 1.60. The Bertz CT molecular complexity index is 720.